The number of carbonyl (C=O) groups excluding carboxylic acids is 3. The number of rotatable bonds is 3. The number of phenolic OH excluding ortho intramolecular Hbond substituents is 1. The highest BCUT2D eigenvalue weighted by Gasteiger charge is 2.37. The van der Waals surface area contributed by atoms with Gasteiger partial charge in [-0.2, -0.15) is 0 Å². The number of anilines is 2. The SMILES string of the molecule is CN(C)c1ccc(/C=C2\C(=O)NC(=O)N(c3ccccc3O)C2=O)cc1. The summed E-state index contributed by atoms with van der Waals surface area (Å²) in [5, 5.41) is 12.1. The number of urea groups is 1. The molecule has 2 aromatic rings. The summed E-state index contributed by atoms with van der Waals surface area (Å²) in [6, 6.07) is 12.3. The van der Waals surface area contributed by atoms with Crippen LogP contribution >= 0.6 is 0 Å². The number of amides is 4. The van der Waals surface area contributed by atoms with Crippen molar-refractivity contribution < 1.29 is 19.5 Å². The molecule has 26 heavy (non-hydrogen) atoms. The lowest BCUT2D eigenvalue weighted by atomic mass is 10.1. The Bertz CT molecular complexity index is 917. The first kappa shape index (κ1) is 17.2. The minimum Gasteiger partial charge on any atom is -0.506 e. The van der Waals surface area contributed by atoms with Crippen molar-refractivity contribution in [2.75, 3.05) is 23.9 Å². The molecule has 0 unspecified atom stereocenters. The summed E-state index contributed by atoms with van der Waals surface area (Å²) in [6.07, 6.45) is 1.41. The molecule has 1 heterocycles. The molecule has 132 valence electrons. The molecule has 0 atom stereocenters. The third kappa shape index (κ3) is 3.14. The maximum absolute atomic E-state index is 12.7. The van der Waals surface area contributed by atoms with Gasteiger partial charge in [0.2, 0.25) is 0 Å². The summed E-state index contributed by atoms with van der Waals surface area (Å²) in [5.41, 5.74) is 1.43. The van der Waals surface area contributed by atoms with Gasteiger partial charge in [-0.3, -0.25) is 14.9 Å². The quantitative estimate of drug-likeness (QED) is 0.653. The molecule has 2 aromatic carbocycles. The van der Waals surface area contributed by atoms with E-state index in [2.05, 4.69) is 5.32 Å². The monoisotopic (exact) mass is 351 g/mol. The van der Waals surface area contributed by atoms with E-state index >= 15 is 0 Å². The molecule has 0 spiro atoms. The topological polar surface area (TPSA) is 90.0 Å². The second kappa shape index (κ2) is 6.72. The van der Waals surface area contributed by atoms with Crippen molar-refractivity contribution in [3.63, 3.8) is 0 Å². The van der Waals surface area contributed by atoms with E-state index in [4.69, 9.17) is 0 Å². The highest BCUT2D eigenvalue weighted by Crippen LogP contribution is 2.29. The number of para-hydroxylation sites is 2. The van der Waals surface area contributed by atoms with Gasteiger partial charge in [-0.1, -0.05) is 24.3 Å². The fourth-order valence-electron chi connectivity index (χ4n) is 2.56. The number of imide groups is 2. The van der Waals surface area contributed by atoms with Crippen LogP contribution < -0.4 is 15.1 Å². The Hall–Kier alpha value is -3.61. The van der Waals surface area contributed by atoms with Gasteiger partial charge in [0.15, 0.2) is 0 Å². The molecule has 1 aliphatic heterocycles. The molecule has 0 bridgehead atoms. The maximum atomic E-state index is 12.7. The molecule has 0 aliphatic carbocycles. The van der Waals surface area contributed by atoms with Crippen LogP contribution in [0, 0.1) is 0 Å². The van der Waals surface area contributed by atoms with Crippen LogP contribution in [-0.2, 0) is 9.59 Å². The zero-order valence-corrected chi connectivity index (χ0v) is 14.3. The zero-order chi connectivity index (χ0) is 18.8. The van der Waals surface area contributed by atoms with Crippen molar-refractivity contribution >= 4 is 35.3 Å². The van der Waals surface area contributed by atoms with Gasteiger partial charge in [-0.15, -0.1) is 0 Å². The molecule has 0 saturated carbocycles. The highest BCUT2D eigenvalue weighted by atomic mass is 16.3. The van der Waals surface area contributed by atoms with Crippen LogP contribution in [0.2, 0.25) is 0 Å². The lowest BCUT2D eigenvalue weighted by Gasteiger charge is -2.26. The average Bonchev–Trinajstić information content (AvgIpc) is 2.60. The summed E-state index contributed by atoms with van der Waals surface area (Å²) in [5.74, 6) is -1.81. The number of nitrogens with one attached hydrogen (secondary N) is 1. The smallest absolute Gasteiger partial charge is 0.336 e. The van der Waals surface area contributed by atoms with Gasteiger partial charge >= 0.3 is 6.03 Å². The molecule has 0 aromatic heterocycles. The van der Waals surface area contributed by atoms with Crippen molar-refractivity contribution in [2.24, 2.45) is 0 Å². The summed E-state index contributed by atoms with van der Waals surface area (Å²) in [6.45, 7) is 0. The number of hydrogen-bond donors (Lipinski definition) is 2. The summed E-state index contributed by atoms with van der Waals surface area (Å²) < 4.78 is 0. The van der Waals surface area contributed by atoms with Crippen molar-refractivity contribution in [3.05, 3.63) is 59.7 Å². The van der Waals surface area contributed by atoms with Crippen LogP contribution in [0.15, 0.2) is 54.1 Å². The molecular formula is C19H17N3O4. The van der Waals surface area contributed by atoms with Crippen molar-refractivity contribution in [2.45, 2.75) is 0 Å². The van der Waals surface area contributed by atoms with Gasteiger partial charge in [-0.05, 0) is 35.9 Å². The van der Waals surface area contributed by atoms with Crippen molar-refractivity contribution in [1.29, 1.82) is 0 Å². The van der Waals surface area contributed by atoms with E-state index in [9.17, 15) is 19.5 Å². The molecule has 1 fully saturated rings. The Balaban J connectivity index is 1.99. The van der Waals surface area contributed by atoms with Gasteiger partial charge in [-0.25, -0.2) is 9.69 Å². The number of phenols is 1. The van der Waals surface area contributed by atoms with E-state index in [1.54, 1.807) is 24.3 Å². The molecule has 3 rings (SSSR count). The second-order valence-electron chi connectivity index (χ2n) is 5.93. The van der Waals surface area contributed by atoms with Crippen LogP contribution in [0.4, 0.5) is 16.2 Å². The minimum atomic E-state index is -0.901. The predicted molar refractivity (Wildman–Crippen MR) is 97.9 cm³/mol. The summed E-state index contributed by atoms with van der Waals surface area (Å²) >= 11 is 0. The standard InChI is InChI=1S/C19H17N3O4/c1-21(2)13-9-7-12(8-10-13)11-14-17(24)20-19(26)22(18(14)25)15-5-3-4-6-16(15)23/h3-11,23H,1-2H3,(H,20,24,26)/b14-11+. The van der Waals surface area contributed by atoms with E-state index in [1.165, 1.54) is 18.2 Å². The Labute approximate surface area is 150 Å². The lowest BCUT2D eigenvalue weighted by Crippen LogP contribution is -2.54. The molecule has 2 N–H and O–H groups in total. The van der Waals surface area contributed by atoms with E-state index in [-0.39, 0.29) is 17.0 Å². The van der Waals surface area contributed by atoms with E-state index < -0.39 is 17.8 Å². The van der Waals surface area contributed by atoms with E-state index in [1.807, 2.05) is 31.1 Å². The molecule has 4 amide bonds. The number of nitrogens with zero attached hydrogens (tertiary/aromatic N) is 2. The summed E-state index contributed by atoms with van der Waals surface area (Å²) in [4.78, 5) is 39.7. The zero-order valence-electron chi connectivity index (χ0n) is 14.3. The fraction of sp³-hybridized carbons (Fsp3) is 0.105. The lowest BCUT2D eigenvalue weighted by molar-refractivity contribution is -0.122. The first-order valence-corrected chi connectivity index (χ1v) is 7.85. The van der Waals surface area contributed by atoms with Crippen LogP contribution in [0.5, 0.6) is 5.75 Å². The first-order valence-electron chi connectivity index (χ1n) is 7.85. The second-order valence-corrected chi connectivity index (χ2v) is 5.93. The Morgan fingerprint density at radius 3 is 2.27 bits per heavy atom. The van der Waals surface area contributed by atoms with Gasteiger partial charge in [0.05, 0.1) is 5.69 Å². The Kier molecular flexibility index (Phi) is 4.45. The van der Waals surface area contributed by atoms with E-state index in [0.717, 1.165) is 10.6 Å². The average molecular weight is 351 g/mol. The van der Waals surface area contributed by atoms with Crippen LogP contribution in [0.1, 0.15) is 5.56 Å². The van der Waals surface area contributed by atoms with Crippen LogP contribution in [0.25, 0.3) is 6.08 Å². The summed E-state index contributed by atoms with van der Waals surface area (Å²) in [7, 11) is 3.81. The number of benzene rings is 2. The van der Waals surface area contributed by atoms with Crippen molar-refractivity contribution in [3.8, 4) is 5.75 Å². The van der Waals surface area contributed by atoms with Crippen LogP contribution in [0.3, 0.4) is 0 Å². The molecule has 1 aliphatic rings. The number of hydrogen-bond acceptors (Lipinski definition) is 5. The number of barbiturate groups is 1. The molecule has 1 saturated heterocycles. The third-order valence-corrected chi connectivity index (χ3v) is 3.94. The number of carbonyl (C=O) groups is 3. The van der Waals surface area contributed by atoms with E-state index in [0.29, 0.717) is 5.56 Å². The third-order valence-electron chi connectivity index (χ3n) is 3.94. The van der Waals surface area contributed by atoms with Crippen molar-refractivity contribution in [1.82, 2.24) is 5.32 Å². The fourth-order valence-corrected chi connectivity index (χ4v) is 2.56. The van der Waals surface area contributed by atoms with Crippen LogP contribution in [-0.4, -0.2) is 37.0 Å². The van der Waals surface area contributed by atoms with Gasteiger partial charge in [0.1, 0.15) is 11.3 Å². The van der Waals surface area contributed by atoms with Gasteiger partial charge < -0.3 is 10.0 Å². The molecule has 7 nitrogen and oxygen atoms in total. The normalized spacial score (nSPS) is 16.0. The minimum absolute atomic E-state index is 0.0105. The molecular weight excluding hydrogens is 334 g/mol. The Morgan fingerprint density at radius 2 is 1.65 bits per heavy atom. The molecule has 7 heteroatoms. The largest absolute Gasteiger partial charge is 0.506 e. The maximum Gasteiger partial charge on any atom is 0.336 e. The highest BCUT2D eigenvalue weighted by molar-refractivity contribution is 6.39. The molecule has 0 radical (unpaired) electrons. The first-order chi connectivity index (χ1) is 12.4. The predicted octanol–water partition coefficient (Wildman–Crippen LogP) is 2.12. The Morgan fingerprint density at radius 1 is 1.00 bits per heavy atom. The van der Waals surface area contributed by atoms with Gasteiger partial charge in [0, 0.05) is 19.8 Å². The number of aromatic hydroxyl groups is 1. The van der Waals surface area contributed by atoms with Gasteiger partial charge in [0.25, 0.3) is 11.8 Å².